The number of nitrogens with zero attached hydrogens (tertiary/aromatic N) is 1. The number of carbonyl (C=O) groups excluding carboxylic acids is 2. The van der Waals surface area contributed by atoms with Gasteiger partial charge in [0.15, 0.2) is 6.61 Å². The molecule has 9 nitrogen and oxygen atoms in total. The van der Waals surface area contributed by atoms with Gasteiger partial charge in [-0.25, -0.2) is 17.9 Å². The van der Waals surface area contributed by atoms with Gasteiger partial charge in [0.05, 0.1) is 13.2 Å². The van der Waals surface area contributed by atoms with Gasteiger partial charge >= 0.3 is 5.97 Å². The molecule has 156 valence electrons. The summed E-state index contributed by atoms with van der Waals surface area (Å²) in [5.74, 6) is -1.15. The summed E-state index contributed by atoms with van der Waals surface area (Å²) in [4.78, 5) is 23.7. The molecule has 1 aromatic carbocycles. The van der Waals surface area contributed by atoms with Crippen LogP contribution in [0.3, 0.4) is 0 Å². The highest BCUT2D eigenvalue weighted by atomic mass is 32.2. The Morgan fingerprint density at radius 3 is 2.59 bits per heavy atom. The van der Waals surface area contributed by atoms with Crippen molar-refractivity contribution in [1.29, 1.82) is 5.26 Å². The van der Waals surface area contributed by atoms with E-state index in [1.165, 1.54) is 32.4 Å². The number of hydrogen-bond acceptors (Lipinski definition) is 7. The quantitative estimate of drug-likeness (QED) is 0.474. The molecule has 1 fully saturated rings. The molecule has 1 saturated carbocycles. The monoisotopic (exact) mass is 421 g/mol. The lowest BCUT2D eigenvalue weighted by molar-refractivity contribution is -0.144. The summed E-state index contributed by atoms with van der Waals surface area (Å²) in [6.07, 6.45) is 5.34. The van der Waals surface area contributed by atoms with Crippen LogP contribution in [0.1, 0.15) is 31.2 Å². The van der Waals surface area contributed by atoms with Crippen LogP contribution < -0.4 is 14.8 Å². The Morgan fingerprint density at radius 2 is 2.00 bits per heavy atom. The molecular formula is C19H23N3O6S. The minimum absolute atomic E-state index is 0.0734. The SMILES string of the molecule is CNS(=O)(=O)c1cc(/C=C/C(=O)OCC(=O)NC2(C#N)CCCC2)ccc1OC. The molecule has 0 bridgehead atoms. The molecule has 29 heavy (non-hydrogen) atoms. The van der Waals surface area contributed by atoms with Crippen molar-refractivity contribution in [2.75, 3.05) is 20.8 Å². The average Bonchev–Trinajstić information content (AvgIpc) is 3.19. The molecule has 0 unspecified atom stereocenters. The van der Waals surface area contributed by atoms with Gasteiger partial charge in [0, 0.05) is 6.08 Å². The van der Waals surface area contributed by atoms with Crippen molar-refractivity contribution in [2.45, 2.75) is 36.1 Å². The van der Waals surface area contributed by atoms with E-state index in [9.17, 15) is 23.3 Å². The Labute approximate surface area is 169 Å². The van der Waals surface area contributed by atoms with Gasteiger partial charge < -0.3 is 14.8 Å². The first kappa shape index (κ1) is 22.4. The maximum Gasteiger partial charge on any atom is 0.331 e. The van der Waals surface area contributed by atoms with Crippen molar-refractivity contribution in [2.24, 2.45) is 0 Å². The van der Waals surface area contributed by atoms with Crippen LogP contribution in [0.2, 0.25) is 0 Å². The second kappa shape index (κ2) is 9.54. The molecular weight excluding hydrogens is 398 g/mol. The summed E-state index contributed by atoms with van der Waals surface area (Å²) >= 11 is 0. The van der Waals surface area contributed by atoms with Crippen molar-refractivity contribution in [1.82, 2.24) is 10.0 Å². The van der Waals surface area contributed by atoms with E-state index in [-0.39, 0.29) is 10.6 Å². The molecule has 1 aromatic rings. The lowest BCUT2D eigenvalue weighted by Crippen LogP contribution is -2.46. The maximum absolute atomic E-state index is 12.1. The van der Waals surface area contributed by atoms with Crippen molar-refractivity contribution >= 4 is 28.0 Å². The van der Waals surface area contributed by atoms with Gasteiger partial charge in [-0.2, -0.15) is 5.26 Å². The van der Waals surface area contributed by atoms with Crippen LogP contribution in [0.15, 0.2) is 29.2 Å². The first-order valence-corrected chi connectivity index (χ1v) is 10.4. The first-order chi connectivity index (χ1) is 13.7. The smallest absolute Gasteiger partial charge is 0.331 e. The van der Waals surface area contributed by atoms with Gasteiger partial charge in [-0.3, -0.25) is 4.79 Å². The molecule has 2 N–H and O–H groups in total. The molecule has 0 aliphatic heterocycles. The molecule has 0 atom stereocenters. The van der Waals surface area contributed by atoms with Crippen LogP contribution in [0, 0.1) is 11.3 Å². The number of hydrogen-bond donors (Lipinski definition) is 2. The van der Waals surface area contributed by atoms with Gasteiger partial charge in [-0.15, -0.1) is 0 Å². The molecule has 1 aliphatic rings. The Balaban J connectivity index is 1.98. The number of benzene rings is 1. The van der Waals surface area contributed by atoms with E-state index in [2.05, 4.69) is 16.1 Å². The molecule has 0 saturated heterocycles. The molecule has 2 rings (SSSR count). The standard InChI is InChI=1S/C19H23N3O6S/c1-21-29(25,26)16-11-14(5-7-15(16)27-2)6-8-18(24)28-12-17(23)22-19(13-20)9-3-4-10-19/h5-8,11,21H,3-4,9-10,12H2,1-2H3,(H,22,23)/b8-6+. The van der Waals surface area contributed by atoms with Crippen LogP contribution in [-0.4, -0.2) is 46.6 Å². The fraction of sp³-hybridized carbons (Fsp3) is 0.421. The number of sulfonamides is 1. The second-order valence-electron chi connectivity index (χ2n) is 6.51. The summed E-state index contributed by atoms with van der Waals surface area (Å²) in [6, 6.07) is 6.50. The van der Waals surface area contributed by atoms with Crippen LogP contribution in [0.4, 0.5) is 0 Å². The van der Waals surface area contributed by atoms with Crippen molar-refractivity contribution < 1.29 is 27.5 Å². The number of methoxy groups -OCH3 is 1. The van der Waals surface area contributed by atoms with E-state index in [0.29, 0.717) is 18.4 Å². The lowest BCUT2D eigenvalue weighted by atomic mass is 10.00. The fourth-order valence-electron chi connectivity index (χ4n) is 3.01. The zero-order valence-electron chi connectivity index (χ0n) is 16.2. The highest BCUT2D eigenvalue weighted by molar-refractivity contribution is 7.89. The normalized spacial score (nSPS) is 15.6. The van der Waals surface area contributed by atoms with Crippen LogP contribution >= 0.6 is 0 Å². The van der Waals surface area contributed by atoms with E-state index in [4.69, 9.17) is 9.47 Å². The molecule has 0 heterocycles. The Morgan fingerprint density at radius 1 is 1.31 bits per heavy atom. The fourth-order valence-corrected chi connectivity index (χ4v) is 3.94. The predicted octanol–water partition coefficient (Wildman–Crippen LogP) is 1.11. The molecule has 1 aliphatic carbocycles. The average molecular weight is 421 g/mol. The van der Waals surface area contributed by atoms with Crippen molar-refractivity contribution in [3.05, 3.63) is 29.8 Å². The number of esters is 1. The van der Waals surface area contributed by atoms with E-state index in [1.54, 1.807) is 6.07 Å². The third-order valence-electron chi connectivity index (χ3n) is 4.55. The van der Waals surface area contributed by atoms with E-state index < -0.39 is 34.0 Å². The first-order valence-electron chi connectivity index (χ1n) is 8.94. The summed E-state index contributed by atoms with van der Waals surface area (Å²) < 4.78 is 36.3. The van der Waals surface area contributed by atoms with Gasteiger partial charge in [0.1, 0.15) is 16.2 Å². The zero-order valence-corrected chi connectivity index (χ0v) is 17.0. The second-order valence-corrected chi connectivity index (χ2v) is 8.36. The van der Waals surface area contributed by atoms with Gasteiger partial charge in [-0.05, 0) is 56.5 Å². The molecule has 0 aromatic heterocycles. The number of amides is 1. The van der Waals surface area contributed by atoms with Crippen LogP contribution in [0.25, 0.3) is 6.08 Å². The van der Waals surface area contributed by atoms with Gasteiger partial charge in [0.25, 0.3) is 5.91 Å². The van der Waals surface area contributed by atoms with Crippen LogP contribution in [-0.2, 0) is 24.3 Å². The molecule has 0 spiro atoms. The zero-order chi connectivity index (χ0) is 21.5. The summed E-state index contributed by atoms with van der Waals surface area (Å²) in [5.41, 5.74) is -0.451. The van der Waals surface area contributed by atoms with Gasteiger partial charge in [-0.1, -0.05) is 6.07 Å². The number of nitriles is 1. The molecule has 1 amide bonds. The minimum Gasteiger partial charge on any atom is -0.495 e. The van der Waals surface area contributed by atoms with Crippen molar-refractivity contribution in [3.63, 3.8) is 0 Å². The highest BCUT2D eigenvalue weighted by Gasteiger charge is 2.35. The molecule has 10 heteroatoms. The lowest BCUT2D eigenvalue weighted by Gasteiger charge is -2.21. The third kappa shape index (κ3) is 5.79. The summed E-state index contributed by atoms with van der Waals surface area (Å²) in [7, 11) is -1.12. The van der Waals surface area contributed by atoms with Crippen molar-refractivity contribution in [3.8, 4) is 11.8 Å². The summed E-state index contributed by atoms with van der Waals surface area (Å²) in [5, 5.41) is 11.9. The highest BCUT2D eigenvalue weighted by Crippen LogP contribution is 2.28. The van der Waals surface area contributed by atoms with E-state index in [0.717, 1.165) is 18.9 Å². The number of ether oxygens (including phenoxy) is 2. The number of nitrogens with one attached hydrogen (secondary N) is 2. The maximum atomic E-state index is 12.1. The van der Waals surface area contributed by atoms with Gasteiger partial charge in [0.2, 0.25) is 10.0 Å². The minimum atomic E-state index is -3.75. The van der Waals surface area contributed by atoms with E-state index in [1.807, 2.05) is 0 Å². The summed E-state index contributed by atoms with van der Waals surface area (Å²) in [6.45, 7) is -0.505. The Kier molecular flexibility index (Phi) is 7.36. The molecule has 0 radical (unpaired) electrons. The van der Waals surface area contributed by atoms with Crippen LogP contribution in [0.5, 0.6) is 5.75 Å². The predicted molar refractivity (Wildman–Crippen MR) is 104 cm³/mol. The Hall–Kier alpha value is -2.90. The Bertz CT molecular complexity index is 943. The number of carbonyl (C=O) groups is 2. The number of rotatable bonds is 8. The third-order valence-corrected chi connectivity index (χ3v) is 5.99. The topological polar surface area (TPSA) is 135 Å². The largest absolute Gasteiger partial charge is 0.495 e. The van der Waals surface area contributed by atoms with E-state index >= 15 is 0 Å².